The largest absolute Gasteiger partial charge is 0.293 e. The van der Waals surface area contributed by atoms with E-state index in [4.69, 9.17) is 0 Å². The van der Waals surface area contributed by atoms with E-state index in [1.165, 1.54) is 18.2 Å². The predicted octanol–water partition coefficient (Wildman–Crippen LogP) is 3.43. The molecule has 20 heavy (non-hydrogen) atoms. The minimum Gasteiger partial charge on any atom is -0.293 e. The molecule has 0 fully saturated rings. The third kappa shape index (κ3) is 3.20. The van der Waals surface area contributed by atoms with Crippen molar-refractivity contribution >= 4 is 16.6 Å². The van der Waals surface area contributed by atoms with Crippen LogP contribution >= 0.6 is 0 Å². The van der Waals surface area contributed by atoms with Gasteiger partial charge >= 0.3 is 0 Å². The standard InChI is InChI=1S/C16H15FO2S/c1-11-7-8-16(12(2)9-11)20(19)10-15(18)13-5-3-4-6-14(13)17/h3-9H,10H2,1-2H3. The van der Waals surface area contributed by atoms with Crippen molar-refractivity contribution in [3.8, 4) is 0 Å². The first-order valence-corrected chi connectivity index (χ1v) is 7.54. The van der Waals surface area contributed by atoms with Crippen LogP contribution in [0.2, 0.25) is 0 Å². The van der Waals surface area contributed by atoms with Gasteiger partial charge in [-0.3, -0.25) is 9.00 Å². The summed E-state index contributed by atoms with van der Waals surface area (Å²) in [5.74, 6) is -1.22. The van der Waals surface area contributed by atoms with Gasteiger partial charge in [-0.15, -0.1) is 0 Å². The van der Waals surface area contributed by atoms with Crippen molar-refractivity contribution in [3.63, 3.8) is 0 Å². The molecule has 1 atom stereocenters. The Morgan fingerprint density at radius 2 is 1.85 bits per heavy atom. The highest BCUT2D eigenvalue weighted by molar-refractivity contribution is 7.85. The van der Waals surface area contributed by atoms with Crippen LogP contribution in [0.15, 0.2) is 47.4 Å². The molecule has 0 aliphatic carbocycles. The first-order valence-electron chi connectivity index (χ1n) is 6.22. The molecule has 0 aromatic heterocycles. The maximum Gasteiger partial charge on any atom is 0.178 e. The zero-order chi connectivity index (χ0) is 14.7. The van der Waals surface area contributed by atoms with Gasteiger partial charge in [0.1, 0.15) is 5.82 Å². The van der Waals surface area contributed by atoms with Crippen LogP contribution in [0, 0.1) is 19.7 Å². The highest BCUT2D eigenvalue weighted by atomic mass is 32.2. The van der Waals surface area contributed by atoms with Crippen molar-refractivity contribution in [2.24, 2.45) is 0 Å². The van der Waals surface area contributed by atoms with E-state index in [9.17, 15) is 13.4 Å². The number of hydrogen-bond acceptors (Lipinski definition) is 2. The lowest BCUT2D eigenvalue weighted by atomic mass is 10.1. The molecule has 0 bridgehead atoms. The molecule has 0 N–H and O–H groups in total. The number of carbonyl (C=O) groups excluding carboxylic acids is 1. The number of carbonyl (C=O) groups is 1. The van der Waals surface area contributed by atoms with Gasteiger partial charge in [-0.1, -0.05) is 29.8 Å². The van der Waals surface area contributed by atoms with Crippen LogP contribution < -0.4 is 0 Å². The molecule has 2 rings (SSSR count). The summed E-state index contributed by atoms with van der Waals surface area (Å²) in [6.07, 6.45) is 0. The van der Waals surface area contributed by atoms with Gasteiger partial charge in [0.15, 0.2) is 5.78 Å². The molecule has 0 aliphatic rings. The Kier molecular flexibility index (Phi) is 4.45. The number of aryl methyl sites for hydroxylation is 2. The molecule has 0 amide bonds. The van der Waals surface area contributed by atoms with Gasteiger partial charge < -0.3 is 0 Å². The molecule has 0 saturated carbocycles. The highest BCUT2D eigenvalue weighted by Gasteiger charge is 2.16. The molecular weight excluding hydrogens is 275 g/mol. The molecule has 2 aromatic carbocycles. The van der Waals surface area contributed by atoms with Gasteiger partial charge in [0.25, 0.3) is 0 Å². The highest BCUT2D eigenvalue weighted by Crippen LogP contribution is 2.16. The summed E-state index contributed by atoms with van der Waals surface area (Å²) in [6.45, 7) is 3.80. The minimum atomic E-state index is -1.46. The Balaban J connectivity index is 2.20. The predicted molar refractivity (Wildman–Crippen MR) is 77.9 cm³/mol. The van der Waals surface area contributed by atoms with Gasteiger partial charge in [0, 0.05) is 4.90 Å². The Morgan fingerprint density at radius 1 is 1.15 bits per heavy atom. The van der Waals surface area contributed by atoms with Crippen LogP contribution in [0.25, 0.3) is 0 Å². The maximum atomic E-state index is 13.5. The Labute approximate surface area is 120 Å². The van der Waals surface area contributed by atoms with E-state index < -0.39 is 22.4 Å². The minimum absolute atomic E-state index is 0.00869. The normalized spacial score (nSPS) is 12.2. The van der Waals surface area contributed by atoms with Crippen molar-refractivity contribution in [2.75, 3.05) is 5.75 Å². The SMILES string of the molecule is Cc1ccc(S(=O)CC(=O)c2ccccc2F)c(C)c1. The molecule has 0 radical (unpaired) electrons. The van der Waals surface area contributed by atoms with Crippen molar-refractivity contribution in [2.45, 2.75) is 18.7 Å². The molecule has 4 heteroatoms. The molecule has 1 unspecified atom stereocenters. The average molecular weight is 290 g/mol. The maximum absolute atomic E-state index is 13.5. The van der Waals surface area contributed by atoms with Crippen molar-refractivity contribution in [1.29, 1.82) is 0 Å². The van der Waals surface area contributed by atoms with Crippen molar-refractivity contribution in [3.05, 3.63) is 65.0 Å². The van der Waals surface area contributed by atoms with Crippen LogP contribution in [0.5, 0.6) is 0 Å². The van der Waals surface area contributed by atoms with E-state index in [0.717, 1.165) is 11.1 Å². The molecule has 0 aliphatic heterocycles. The molecule has 2 aromatic rings. The molecular formula is C16H15FO2S. The van der Waals surface area contributed by atoms with Crippen LogP contribution in [0.4, 0.5) is 4.39 Å². The molecule has 104 valence electrons. The third-order valence-corrected chi connectivity index (χ3v) is 4.49. The summed E-state index contributed by atoms with van der Waals surface area (Å²) >= 11 is 0. The number of benzene rings is 2. The Hall–Kier alpha value is -1.81. The van der Waals surface area contributed by atoms with Crippen LogP contribution in [0.3, 0.4) is 0 Å². The summed E-state index contributed by atoms with van der Waals surface area (Å²) < 4.78 is 25.7. The number of hydrogen-bond donors (Lipinski definition) is 0. The second kappa shape index (κ2) is 6.09. The topological polar surface area (TPSA) is 34.1 Å². The van der Waals surface area contributed by atoms with Crippen LogP contribution in [-0.2, 0) is 10.8 Å². The molecule has 0 saturated heterocycles. The Morgan fingerprint density at radius 3 is 2.50 bits per heavy atom. The number of Topliss-reactive ketones (excluding diaryl/α,β-unsaturated/α-hetero) is 1. The van der Waals surface area contributed by atoms with E-state index in [1.54, 1.807) is 12.1 Å². The second-order valence-corrected chi connectivity index (χ2v) is 6.08. The monoisotopic (exact) mass is 290 g/mol. The van der Waals surface area contributed by atoms with Crippen molar-refractivity contribution in [1.82, 2.24) is 0 Å². The summed E-state index contributed by atoms with van der Waals surface area (Å²) in [6, 6.07) is 11.3. The van der Waals surface area contributed by atoms with E-state index in [2.05, 4.69) is 0 Å². The van der Waals surface area contributed by atoms with Crippen LogP contribution in [-0.4, -0.2) is 15.7 Å². The van der Waals surface area contributed by atoms with E-state index >= 15 is 0 Å². The lowest BCUT2D eigenvalue weighted by Gasteiger charge is -2.07. The summed E-state index contributed by atoms with van der Waals surface area (Å²) in [4.78, 5) is 12.6. The Bertz CT molecular complexity index is 680. The quantitative estimate of drug-likeness (QED) is 0.808. The van der Waals surface area contributed by atoms with E-state index in [-0.39, 0.29) is 11.3 Å². The summed E-state index contributed by atoms with van der Waals surface area (Å²) in [5, 5.41) is 0. The third-order valence-electron chi connectivity index (χ3n) is 3.01. The molecule has 0 spiro atoms. The number of rotatable bonds is 4. The fraction of sp³-hybridized carbons (Fsp3) is 0.188. The first kappa shape index (κ1) is 14.6. The van der Waals surface area contributed by atoms with Gasteiger partial charge in [0.05, 0.1) is 22.1 Å². The van der Waals surface area contributed by atoms with Gasteiger partial charge in [-0.05, 0) is 37.6 Å². The number of halogens is 1. The van der Waals surface area contributed by atoms with Gasteiger partial charge in [-0.25, -0.2) is 4.39 Å². The zero-order valence-electron chi connectivity index (χ0n) is 11.4. The van der Waals surface area contributed by atoms with Crippen molar-refractivity contribution < 1.29 is 13.4 Å². The molecule has 0 heterocycles. The van der Waals surface area contributed by atoms with Crippen LogP contribution in [0.1, 0.15) is 21.5 Å². The summed E-state index contributed by atoms with van der Waals surface area (Å²) in [7, 11) is -1.46. The lowest BCUT2D eigenvalue weighted by molar-refractivity contribution is 0.101. The molecule has 2 nitrogen and oxygen atoms in total. The van der Waals surface area contributed by atoms with Gasteiger partial charge in [-0.2, -0.15) is 0 Å². The first-order chi connectivity index (χ1) is 9.49. The summed E-state index contributed by atoms with van der Waals surface area (Å²) in [5.41, 5.74) is 1.94. The zero-order valence-corrected chi connectivity index (χ0v) is 12.2. The fourth-order valence-electron chi connectivity index (χ4n) is 2.02. The van der Waals surface area contributed by atoms with Gasteiger partial charge in [0.2, 0.25) is 0 Å². The average Bonchev–Trinajstić information content (AvgIpc) is 2.38. The fourth-order valence-corrected chi connectivity index (χ4v) is 3.20. The number of ketones is 1. The lowest BCUT2D eigenvalue weighted by Crippen LogP contribution is -2.13. The van der Waals surface area contributed by atoms with E-state index in [1.807, 2.05) is 26.0 Å². The smallest absolute Gasteiger partial charge is 0.178 e. The second-order valence-electron chi connectivity index (χ2n) is 4.66. The van der Waals surface area contributed by atoms with E-state index in [0.29, 0.717) is 4.90 Å².